The van der Waals surface area contributed by atoms with Crippen LogP contribution in [-0.2, 0) is 17.7 Å². The molecule has 0 saturated carbocycles. The number of unbranched alkanes of at least 4 members (excludes halogenated alkanes) is 5. The van der Waals surface area contributed by atoms with Crippen LogP contribution in [0.15, 0.2) is 0 Å². The number of nitrogens with zero attached hydrogens (tertiary/aromatic N) is 1. The summed E-state index contributed by atoms with van der Waals surface area (Å²) >= 11 is 0. The van der Waals surface area contributed by atoms with E-state index in [9.17, 15) is 0 Å². The Hall–Kier alpha value is 0.234. The van der Waals surface area contributed by atoms with Crippen molar-refractivity contribution in [3.8, 4) is 0 Å². The lowest BCUT2D eigenvalue weighted by Gasteiger charge is -2.32. The minimum absolute atomic E-state index is 0.869. The molecule has 5 nitrogen and oxygen atoms in total. The summed E-state index contributed by atoms with van der Waals surface area (Å²) in [5, 5.41) is 0. The Morgan fingerprint density at radius 2 is 1.50 bits per heavy atom. The number of hydrogen-bond acceptors (Lipinski definition) is 5. The maximum atomic E-state index is 6.11. The fourth-order valence-electron chi connectivity index (χ4n) is 3.72. The first-order valence-electron chi connectivity index (χ1n) is 9.60. The number of hydrogen-bond donors (Lipinski definition) is 0. The van der Waals surface area contributed by atoms with E-state index in [0.717, 1.165) is 19.1 Å². The highest BCUT2D eigenvalue weighted by Crippen LogP contribution is 2.27. The lowest BCUT2D eigenvalue weighted by molar-refractivity contribution is 0.122. The summed E-state index contributed by atoms with van der Waals surface area (Å²) in [4.78, 5) is 0. The molecule has 7 heteroatoms. The standard InChI is InChI=1S/C17H39NO4Si2/c1-6-22-23(5)16-13-15-18(23)14-11-9-7-8-10-12-17-24(19-2,20-3)21-4/h6-17H2,1-5H3. The van der Waals surface area contributed by atoms with Crippen LogP contribution in [0.25, 0.3) is 0 Å². The van der Waals surface area contributed by atoms with Crippen molar-refractivity contribution in [3.05, 3.63) is 0 Å². The summed E-state index contributed by atoms with van der Waals surface area (Å²) in [6, 6.07) is 2.23. The first kappa shape index (κ1) is 22.3. The fourth-order valence-corrected chi connectivity index (χ4v) is 8.86. The summed E-state index contributed by atoms with van der Waals surface area (Å²) in [6.07, 6.45) is 8.94. The van der Waals surface area contributed by atoms with Crippen LogP contribution in [0.1, 0.15) is 51.9 Å². The molecule has 0 N–H and O–H groups in total. The molecule has 0 bridgehead atoms. The van der Waals surface area contributed by atoms with Crippen molar-refractivity contribution in [2.24, 2.45) is 0 Å². The molecule has 0 spiro atoms. The lowest BCUT2D eigenvalue weighted by Crippen LogP contribution is -2.49. The van der Waals surface area contributed by atoms with Gasteiger partial charge in [-0.1, -0.05) is 25.7 Å². The van der Waals surface area contributed by atoms with Gasteiger partial charge in [0.2, 0.25) is 0 Å². The summed E-state index contributed by atoms with van der Waals surface area (Å²) in [5.74, 6) is 0. The van der Waals surface area contributed by atoms with Crippen LogP contribution in [0, 0.1) is 0 Å². The highest BCUT2D eigenvalue weighted by molar-refractivity contribution is 6.70. The molecule has 0 aromatic heterocycles. The smallest absolute Gasteiger partial charge is 0.403 e. The predicted molar refractivity (Wildman–Crippen MR) is 104 cm³/mol. The summed E-state index contributed by atoms with van der Waals surface area (Å²) in [7, 11) is 1.19. The van der Waals surface area contributed by atoms with Gasteiger partial charge in [0.25, 0.3) is 8.48 Å². The molecule has 144 valence electrons. The Morgan fingerprint density at radius 3 is 2.08 bits per heavy atom. The molecule has 1 fully saturated rings. The van der Waals surface area contributed by atoms with Crippen LogP contribution < -0.4 is 0 Å². The molecule has 0 radical (unpaired) electrons. The van der Waals surface area contributed by atoms with E-state index in [2.05, 4.69) is 18.0 Å². The van der Waals surface area contributed by atoms with Gasteiger partial charge in [-0.05, 0) is 51.9 Å². The quantitative estimate of drug-likeness (QED) is 0.338. The third-order valence-electron chi connectivity index (χ3n) is 5.29. The molecule has 1 atom stereocenters. The van der Waals surface area contributed by atoms with Gasteiger partial charge in [-0.15, -0.1) is 0 Å². The Labute approximate surface area is 151 Å². The zero-order valence-corrected chi connectivity index (χ0v) is 18.6. The first-order chi connectivity index (χ1) is 11.6. The molecule has 1 saturated heterocycles. The Kier molecular flexibility index (Phi) is 10.9. The largest absolute Gasteiger partial charge is 0.500 e. The highest BCUT2D eigenvalue weighted by Gasteiger charge is 2.40. The van der Waals surface area contributed by atoms with Gasteiger partial charge in [-0.2, -0.15) is 0 Å². The highest BCUT2D eigenvalue weighted by atomic mass is 28.4. The summed E-state index contributed by atoms with van der Waals surface area (Å²) in [5.41, 5.74) is 0. The molecule has 0 aromatic carbocycles. The van der Waals surface area contributed by atoms with Gasteiger partial charge in [0.05, 0.1) is 0 Å². The zero-order chi connectivity index (χ0) is 17.9. The normalized spacial score (nSPS) is 22.4. The first-order valence-corrected chi connectivity index (χ1v) is 14.1. The lowest BCUT2D eigenvalue weighted by atomic mass is 10.1. The minimum Gasteiger partial charge on any atom is -0.403 e. The van der Waals surface area contributed by atoms with Crippen LogP contribution in [0.5, 0.6) is 0 Å². The van der Waals surface area contributed by atoms with E-state index in [-0.39, 0.29) is 0 Å². The van der Waals surface area contributed by atoms with Crippen molar-refractivity contribution in [1.82, 2.24) is 4.57 Å². The molecule has 0 aromatic rings. The molecule has 24 heavy (non-hydrogen) atoms. The van der Waals surface area contributed by atoms with Crippen LogP contribution in [-0.4, -0.2) is 62.9 Å². The van der Waals surface area contributed by atoms with E-state index in [0.29, 0.717) is 0 Å². The summed E-state index contributed by atoms with van der Waals surface area (Å²) in [6.45, 7) is 7.87. The molecule has 1 heterocycles. The van der Waals surface area contributed by atoms with Gasteiger partial charge in [0.15, 0.2) is 0 Å². The van der Waals surface area contributed by atoms with Crippen LogP contribution in [0.2, 0.25) is 18.6 Å². The van der Waals surface area contributed by atoms with E-state index in [4.69, 9.17) is 17.7 Å². The van der Waals surface area contributed by atoms with Crippen LogP contribution in [0.3, 0.4) is 0 Å². The maximum absolute atomic E-state index is 6.11. The second-order valence-corrected chi connectivity index (χ2v) is 13.7. The molecule has 0 aliphatic carbocycles. The molecule has 1 aliphatic rings. The zero-order valence-electron chi connectivity index (χ0n) is 16.6. The second-order valence-electron chi connectivity index (χ2n) is 6.87. The van der Waals surface area contributed by atoms with Gasteiger partial charge in [0, 0.05) is 34.0 Å². The average Bonchev–Trinajstić information content (AvgIpc) is 2.95. The van der Waals surface area contributed by atoms with E-state index in [1.807, 2.05) is 0 Å². The minimum atomic E-state index is -2.35. The van der Waals surface area contributed by atoms with Gasteiger partial charge < -0.3 is 22.3 Å². The third-order valence-corrected chi connectivity index (χ3v) is 12.1. The van der Waals surface area contributed by atoms with E-state index in [1.54, 1.807) is 21.3 Å². The van der Waals surface area contributed by atoms with E-state index >= 15 is 0 Å². The van der Waals surface area contributed by atoms with Crippen LogP contribution in [0.4, 0.5) is 0 Å². The predicted octanol–water partition coefficient (Wildman–Crippen LogP) is 4.02. The molecule has 1 unspecified atom stereocenters. The van der Waals surface area contributed by atoms with E-state index in [1.165, 1.54) is 57.7 Å². The Morgan fingerprint density at radius 1 is 0.917 bits per heavy atom. The number of rotatable bonds is 14. The topological polar surface area (TPSA) is 40.2 Å². The summed E-state index contributed by atoms with van der Waals surface area (Å²) < 4.78 is 25.2. The monoisotopic (exact) mass is 377 g/mol. The second kappa shape index (κ2) is 11.8. The third kappa shape index (κ3) is 6.86. The SMILES string of the molecule is CCO[Si]1(C)CCCN1CCCCCCCC[Si](OC)(OC)OC. The van der Waals surface area contributed by atoms with E-state index < -0.39 is 17.3 Å². The van der Waals surface area contributed by atoms with Crippen molar-refractivity contribution in [3.63, 3.8) is 0 Å². The van der Waals surface area contributed by atoms with Crippen molar-refractivity contribution in [1.29, 1.82) is 0 Å². The van der Waals surface area contributed by atoms with Crippen molar-refractivity contribution in [2.45, 2.75) is 70.5 Å². The van der Waals surface area contributed by atoms with Crippen LogP contribution >= 0.6 is 0 Å². The Bertz CT molecular complexity index is 323. The van der Waals surface area contributed by atoms with Gasteiger partial charge in [-0.25, -0.2) is 0 Å². The van der Waals surface area contributed by atoms with Crippen molar-refractivity contribution >= 4 is 17.3 Å². The molecular weight excluding hydrogens is 338 g/mol. The van der Waals surface area contributed by atoms with Gasteiger partial charge in [-0.3, -0.25) is 0 Å². The molecular formula is C17H39NO4Si2. The molecule has 0 amide bonds. The average molecular weight is 378 g/mol. The van der Waals surface area contributed by atoms with Gasteiger partial charge >= 0.3 is 8.80 Å². The van der Waals surface area contributed by atoms with Crippen molar-refractivity contribution < 1.29 is 17.7 Å². The maximum Gasteiger partial charge on any atom is 0.500 e. The fraction of sp³-hybridized carbons (Fsp3) is 1.00. The van der Waals surface area contributed by atoms with Crippen molar-refractivity contribution in [2.75, 3.05) is 41.0 Å². The Balaban J connectivity index is 2.06. The van der Waals surface area contributed by atoms with Gasteiger partial charge in [0.1, 0.15) is 0 Å². The molecule has 1 rings (SSSR count). The molecule has 1 aliphatic heterocycles.